The molecule has 0 saturated carbocycles. The lowest BCUT2D eigenvalue weighted by molar-refractivity contribution is 0.00895. The molecule has 0 spiro atoms. The predicted octanol–water partition coefficient (Wildman–Crippen LogP) is 3.32. The van der Waals surface area contributed by atoms with E-state index >= 15 is 0 Å². The highest BCUT2D eigenvalue weighted by atomic mass is 16.5. The van der Waals surface area contributed by atoms with Gasteiger partial charge in [-0.3, -0.25) is 0 Å². The average Bonchev–Trinajstić information content (AvgIpc) is 2.74. The fourth-order valence-electron chi connectivity index (χ4n) is 4.53. The molecule has 168 valence electrons. The van der Waals surface area contributed by atoms with E-state index in [1.807, 2.05) is 0 Å². The van der Waals surface area contributed by atoms with Crippen LogP contribution in [-0.4, -0.2) is 47.7 Å². The van der Waals surface area contributed by atoms with Crippen LogP contribution in [0.5, 0.6) is 11.5 Å². The number of nitrogens with one attached hydrogen (secondary N) is 1. The highest BCUT2D eigenvalue weighted by Gasteiger charge is 2.29. The van der Waals surface area contributed by atoms with Crippen LogP contribution in [0.25, 0.3) is 0 Å². The minimum Gasteiger partial charge on any atom is -0.487 e. The maximum absolute atomic E-state index is 10.6. The van der Waals surface area contributed by atoms with Crippen molar-refractivity contribution < 1.29 is 19.7 Å². The minimum absolute atomic E-state index is 0.233. The first-order valence-corrected chi connectivity index (χ1v) is 11.4. The van der Waals surface area contributed by atoms with Crippen molar-refractivity contribution in [3.63, 3.8) is 0 Å². The van der Waals surface area contributed by atoms with Gasteiger partial charge in [0.05, 0.1) is 0 Å². The molecule has 2 aromatic carbocycles. The van der Waals surface area contributed by atoms with Crippen LogP contribution in [0.1, 0.15) is 46.2 Å². The number of aliphatic hydroxyl groups is 2. The molecule has 0 aliphatic carbocycles. The summed E-state index contributed by atoms with van der Waals surface area (Å²) in [5.41, 5.74) is 7.39. The second-order valence-electron chi connectivity index (χ2n) is 9.27. The molecular weight excluding hydrogens is 390 g/mol. The fourth-order valence-corrected chi connectivity index (χ4v) is 4.53. The number of aryl methyl sites for hydroxylation is 6. The summed E-state index contributed by atoms with van der Waals surface area (Å²) < 4.78 is 12.2. The van der Waals surface area contributed by atoms with E-state index in [1.165, 1.54) is 33.4 Å². The maximum Gasteiger partial charge on any atom is 0.126 e. The number of aliphatic hydroxyl groups excluding tert-OH is 2. The molecule has 0 fully saturated rings. The van der Waals surface area contributed by atoms with Gasteiger partial charge in [0.2, 0.25) is 0 Å². The summed E-state index contributed by atoms with van der Waals surface area (Å²) in [6.07, 6.45) is 1.70. The van der Waals surface area contributed by atoms with Crippen LogP contribution in [0.15, 0.2) is 24.3 Å². The first kappa shape index (κ1) is 22.1. The van der Waals surface area contributed by atoms with Crippen molar-refractivity contribution in [3.05, 3.63) is 57.6 Å². The van der Waals surface area contributed by atoms with Crippen molar-refractivity contribution >= 4 is 0 Å². The molecule has 31 heavy (non-hydrogen) atoms. The third-order valence-electron chi connectivity index (χ3n) is 6.87. The summed E-state index contributed by atoms with van der Waals surface area (Å²) in [5, 5.41) is 24.5. The van der Waals surface area contributed by atoms with Crippen LogP contribution in [0.2, 0.25) is 0 Å². The number of benzene rings is 2. The molecule has 2 aliphatic heterocycles. The van der Waals surface area contributed by atoms with Crippen molar-refractivity contribution in [2.45, 2.75) is 77.8 Å². The van der Waals surface area contributed by atoms with E-state index in [4.69, 9.17) is 9.47 Å². The largest absolute Gasteiger partial charge is 0.487 e. The molecule has 2 aliphatic rings. The molecule has 4 rings (SSSR count). The van der Waals surface area contributed by atoms with Gasteiger partial charge >= 0.3 is 0 Å². The van der Waals surface area contributed by atoms with Crippen molar-refractivity contribution in [2.24, 2.45) is 0 Å². The van der Waals surface area contributed by atoms with Gasteiger partial charge in [-0.15, -0.1) is 0 Å². The van der Waals surface area contributed by atoms with Crippen molar-refractivity contribution in [1.82, 2.24) is 5.32 Å². The van der Waals surface area contributed by atoms with E-state index in [9.17, 15) is 10.2 Å². The Bertz CT molecular complexity index is 866. The van der Waals surface area contributed by atoms with Gasteiger partial charge in [0.1, 0.15) is 35.9 Å². The van der Waals surface area contributed by atoms with E-state index in [1.54, 1.807) is 0 Å². The molecule has 0 amide bonds. The van der Waals surface area contributed by atoms with Gasteiger partial charge < -0.3 is 25.0 Å². The van der Waals surface area contributed by atoms with Crippen molar-refractivity contribution in [1.29, 1.82) is 0 Å². The molecule has 2 heterocycles. The number of rotatable bonds is 6. The molecule has 4 atom stereocenters. The zero-order valence-electron chi connectivity index (χ0n) is 19.1. The summed E-state index contributed by atoms with van der Waals surface area (Å²) in [5.74, 6) is 1.77. The molecule has 4 unspecified atom stereocenters. The second-order valence-corrected chi connectivity index (χ2v) is 9.27. The lowest BCUT2D eigenvalue weighted by Crippen LogP contribution is -2.46. The molecule has 0 bridgehead atoms. The Balaban J connectivity index is 1.26. The molecule has 3 N–H and O–H groups in total. The van der Waals surface area contributed by atoms with Gasteiger partial charge in [-0.05, 0) is 98.9 Å². The van der Waals surface area contributed by atoms with Gasteiger partial charge in [-0.2, -0.15) is 0 Å². The maximum atomic E-state index is 10.6. The Morgan fingerprint density at radius 2 is 1.13 bits per heavy atom. The lowest BCUT2D eigenvalue weighted by Gasteiger charge is -2.32. The quantitative estimate of drug-likeness (QED) is 0.662. The molecule has 0 saturated heterocycles. The molecule has 5 nitrogen and oxygen atoms in total. The second kappa shape index (κ2) is 9.19. The smallest absolute Gasteiger partial charge is 0.126 e. The van der Waals surface area contributed by atoms with Crippen LogP contribution < -0.4 is 14.8 Å². The van der Waals surface area contributed by atoms with E-state index < -0.39 is 12.2 Å². The zero-order valence-corrected chi connectivity index (χ0v) is 19.1. The molecule has 5 heteroatoms. The standard InChI is InChI=1S/C26H35NO4/c1-15-9-19-5-7-23(30-25(19)11-17(15)3)21(28)13-27-14-22(29)24-8-6-20-10-16(2)18(4)12-26(20)31-24/h9-12,21-24,27-29H,5-8,13-14H2,1-4H3. The predicted molar refractivity (Wildman–Crippen MR) is 122 cm³/mol. The third kappa shape index (κ3) is 4.89. The first-order valence-electron chi connectivity index (χ1n) is 11.4. The van der Waals surface area contributed by atoms with E-state index in [2.05, 4.69) is 57.3 Å². The highest BCUT2D eigenvalue weighted by molar-refractivity contribution is 5.44. The fraction of sp³-hybridized carbons (Fsp3) is 0.538. The monoisotopic (exact) mass is 425 g/mol. The highest BCUT2D eigenvalue weighted by Crippen LogP contribution is 2.32. The SMILES string of the molecule is Cc1cc2c(cc1C)OC(C(O)CNCC(O)C1CCc3cc(C)c(C)cc3O1)CC2. The summed E-state index contributed by atoms with van der Waals surface area (Å²) in [7, 11) is 0. The number of hydrogen-bond acceptors (Lipinski definition) is 5. The minimum atomic E-state index is -0.624. The van der Waals surface area contributed by atoms with E-state index in [-0.39, 0.29) is 12.2 Å². The lowest BCUT2D eigenvalue weighted by atomic mass is 9.95. The van der Waals surface area contributed by atoms with Crippen LogP contribution in [0, 0.1) is 27.7 Å². The van der Waals surface area contributed by atoms with Crippen LogP contribution >= 0.6 is 0 Å². The van der Waals surface area contributed by atoms with E-state index in [0.717, 1.165) is 37.2 Å². The summed E-state index contributed by atoms with van der Waals surface area (Å²) >= 11 is 0. The summed E-state index contributed by atoms with van der Waals surface area (Å²) in [4.78, 5) is 0. The molecular formula is C26H35NO4. The Morgan fingerprint density at radius 3 is 1.55 bits per heavy atom. The normalized spacial score (nSPS) is 22.0. The van der Waals surface area contributed by atoms with Crippen LogP contribution in [-0.2, 0) is 12.8 Å². The van der Waals surface area contributed by atoms with Gasteiger partial charge in [-0.1, -0.05) is 12.1 Å². The van der Waals surface area contributed by atoms with Crippen LogP contribution in [0.4, 0.5) is 0 Å². The molecule has 2 aromatic rings. The van der Waals surface area contributed by atoms with E-state index in [0.29, 0.717) is 13.1 Å². The number of fused-ring (bicyclic) bond motifs is 2. The van der Waals surface area contributed by atoms with Gasteiger partial charge in [0.15, 0.2) is 0 Å². The van der Waals surface area contributed by atoms with Crippen molar-refractivity contribution in [2.75, 3.05) is 13.1 Å². The van der Waals surface area contributed by atoms with Crippen LogP contribution in [0.3, 0.4) is 0 Å². The topological polar surface area (TPSA) is 71.0 Å². The average molecular weight is 426 g/mol. The third-order valence-corrected chi connectivity index (χ3v) is 6.87. The summed E-state index contributed by atoms with van der Waals surface area (Å²) in [6.45, 7) is 9.14. The molecule has 0 radical (unpaired) electrons. The molecule has 0 aromatic heterocycles. The Kier molecular flexibility index (Phi) is 6.56. The Morgan fingerprint density at radius 1 is 0.742 bits per heavy atom. The Labute approximate surface area is 185 Å². The Hall–Kier alpha value is -2.08. The summed E-state index contributed by atoms with van der Waals surface area (Å²) in [6, 6.07) is 8.52. The van der Waals surface area contributed by atoms with Crippen molar-refractivity contribution in [3.8, 4) is 11.5 Å². The van der Waals surface area contributed by atoms with Gasteiger partial charge in [0, 0.05) is 13.1 Å². The van der Waals surface area contributed by atoms with Gasteiger partial charge in [0.25, 0.3) is 0 Å². The number of ether oxygens (including phenoxy) is 2. The number of hydrogen-bond donors (Lipinski definition) is 3. The first-order chi connectivity index (χ1) is 14.8. The van der Waals surface area contributed by atoms with Gasteiger partial charge in [-0.25, -0.2) is 0 Å². The zero-order chi connectivity index (χ0) is 22.1.